The summed E-state index contributed by atoms with van der Waals surface area (Å²) in [5.74, 6) is 1.31. The number of hydrogen-bond donors (Lipinski definition) is 2. The van der Waals surface area contributed by atoms with Crippen LogP contribution < -0.4 is 11.1 Å². The molecule has 3 heterocycles. The lowest BCUT2D eigenvalue weighted by Gasteiger charge is -2.23. The Bertz CT molecular complexity index is 748. The second kappa shape index (κ2) is 8.31. The second-order valence-corrected chi connectivity index (χ2v) is 6.87. The van der Waals surface area contributed by atoms with Gasteiger partial charge in [0.2, 0.25) is 0 Å². The van der Waals surface area contributed by atoms with Gasteiger partial charge in [-0.25, -0.2) is 14.7 Å². The number of pyridine rings is 1. The monoisotopic (exact) mass is 355 g/mol. The molecule has 0 saturated carbocycles. The van der Waals surface area contributed by atoms with Gasteiger partial charge < -0.3 is 11.1 Å². The molecular formula is C19H29N7. The first-order valence-electron chi connectivity index (χ1n) is 9.33. The summed E-state index contributed by atoms with van der Waals surface area (Å²) < 4.78 is 1.85. The molecular weight excluding hydrogens is 326 g/mol. The summed E-state index contributed by atoms with van der Waals surface area (Å²) in [6, 6.07) is 6.59. The van der Waals surface area contributed by atoms with E-state index in [0.29, 0.717) is 18.5 Å². The lowest BCUT2D eigenvalue weighted by molar-refractivity contribution is 0.267. The summed E-state index contributed by atoms with van der Waals surface area (Å²) >= 11 is 0. The third-order valence-corrected chi connectivity index (χ3v) is 4.89. The zero-order valence-electron chi connectivity index (χ0n) is 15.9. The molecule has 7 heteroatoms. The Morgan fingerprint density at radius 2 is 2.23 bits per heavy atom. The van der Waals surface area contributed by atoms with Crippen molar-refractivity contribution in [2.75, 3.05) is 19.6 Å². The van der Waals surface area contributed by atoms with Gasteiger partial charge in [0.05, 0.1) is 12.2 Å². The Kier molecular flexibility index (Phi) is 5.88. The van der Waals surface area contributed by atoms with Crippen LogP contribution in [0.5, 0.6) is 0 Å². The minimum Gasteiger partial charge on any atom is -0.370 e. The SMILES string of the molecule is CCN1CCCC1CNC(N)=NCc1ccc(-n2nc(C)cc2C)nc1. The molecule has 3 N–H and O–H groups in total. The van der Waals surface area contributed by atoms with Gasteiger partial charge in [-0.3, -0.25) is 4.90 Å². The minimum atomic E-state index is 0.496. The van der Waals surface area contributed by atoms with Crippen molar-refractivity contribution >= 4 is 5.96 Å². The maximum atomic E-state index is 6.02. The quantitative estimate of drug-likeness (QED) is 0.609. The summed E-state index contributed by atoms with van der Waals surface area (Å²) in [6.07, 6.45) is 4.33. The fraction of sp³-hybridized carbons (Fsp3) is 0.526. The number of aryl methyl sites for hydroxylation is 2. The lowest BCUT2D eigenvalue weighted by atomic mass is 10.2. The van der Waals surface area contributed by atoms with Crippen LogP contribution in [-0.2, 0) is 6.54 Å². The van der Waals surface area contributed by atoms with Crippen LogP contribution in [0.4, 0.5) is 0 Å². The highest BCUT2D eigenvalue weighted by molar-refractivity contribution is 5.77. The second-order valence-electron chi connectivity index (χ2n) is 6.87. The topological polar surface area (TPSA) is 84.4 Å². The van der Waals surface area contributed by atoms with Gasteiger partial charge in [0, 0.05) is 24.5 Å². The molecule has 140 valence electrons. The molecule has 1 saturated heterocycles. The van der Waals surface area contributed by atoms with Crippen LogP contribution in [0.3, 0.4) is 0 Å². The molecule has 0 spiro atoms. The van der Waals surface area contributed by atoms with Gasteiger partial charge in [-0.2, -0.15) is 5.10 Å². The Morgan fingerprint density at radius 3 is 2.88 bits per heavy atom. The number of likely N-dealkylation sites (tertiary alicyclic amines) is 1. The van der Waals surface area contributed by atoms with Crippen LogP contribution in [0.2, 0.25) is 0 Å². The first kappa shape index (κ1) is 18.4. The Morgan fingerprint density at radius 1 is 1.38 bits per heavy atom. The first-order valence-corrected chi connectivity index (χ1v) is 9.33. The van der Waals surface area contributed by atoms with Crippen LogP contribution in [0.1, 0.15) is 36.7 Å². The Balaban J connectivity index is 1.53. The van der Waals surface area contributed by atoms with E-state index in [0.717, 1.165) is 35.9 Å². The predicted molar refractivity (Wildman–Crippen MR) is 104 cm³/mol. The van der Waals surface area contributed by atoms with Gasteiger partial charge in [0.1, 0.15) is 0 Å². The summed E-state index contributed by atoms with van der Waals surface area (Å²) in [6.45, 7) is 9.87. The van der Waals surface area contributed by atoms with Gasteiger partial charge >= 0.3 is 0 Å². The Hall–Kier alpha value is -2.41. The maximum absolute atomic E-state index is 6.02. The highest BCUT2D eigenvalue weighted by Gasteiger charge is 2.22. The van der Waals surface area contributed by atoms with E-state index in [9.17, 15) is 0 Å². The van der Waals surface area contributed by atoms with Crippen LogP contribution in [0.25, 0.3) is 5.82 Å². The highest BCUT2D eigenvalue weighted by atomic mass is 15.3. The predicted octanol–water partition coefficient (Wildman–Crippen LogP) is 1.77. The largest absolute Gasteiger partial charge is 0.370 e. The molecule has 1 aliphatic rings. The van der Waals surface area contributed by atoms with Crippen molar-refractivity contribution in [2.45, 2.75) is 46.2 Å². The molecule has 1 fully saturated rings. The molecule has 0 aromatic carbocycles. The highest BCUT2D eigenvalue weighted by Crippen LogP contribution is 2.15. The lowest BCUT2D eigenvalue weighted by Crippen LogP contribution is -2.42. The first-order chi connectivity index (χ1) is 12.6. The molecule has 2 aromatic heterocycles. The van der Waals surface area contributed by atoms with Crippen molar-refractivity contribution in [1.29, 1.82) is 0 Å². The van der Waals surface area contributed by atoms with Gasteiger partial charge in [0.25, 0.3) is 0 Å². The molecule has 2 aromatic rings. The number of hydrogen-bond acceptors (Lipinski definition) is 4. The smallest absolute Gasteiger partial charge is 0.188 e. The van der Waals surface area contributed by atoms with Crippen LogP contribution >= 0.6 is 0 Å². The number of nitrogens with zero attached hydrogens (tertiary/aromatic N) is 5. The normalized spacial score (nSPS) is 18.4. The molecule has 0 amide bonds. The number of rotatable bonds is 6. The minimum absolute atomic E-state index is 0.496. The van der Waals surface area contributed by atoms with E-state index in [-0.39, 0.29) is 0 Å². The maximum Gasteiger partial charge on any atom is 0.188 e. The van der Waals surface area contributed by atoms with Crippen molar-refractivity contribution in [3.63, 3.8) is 0 Å². The van der Waals surface area contributed by atoms with Gasteiger partial charge in [-0.05, 0) is 57.5 Å². The summed E-state index contributed by atoms with van der Waals surface area (Å²) in [5.41, 5.74) is 9.10. The number of aliphatic imine (C=N–C) groups is 1. The number of nitrogens with two attached hydrogens (primary N) is 1. The molecule has 0 aliphatic carbocycles. The third kappa shape index (κ3) is 4.40. The molecule has 1 atom stereocenters. The van der Waals surface area contributed by atoms with Crippen molar-refractivity contribution < 1.29 is 0 Å². The number of nitrogens with one attached hydrogen (secondary N) is 1. The summed E-state index contributed by atoms with van der Waals surface area (Å²) in [7, 11) is 0. The number of likely N-dealkylation sites (N-methyl/N-ethyl adjacent to an activating group) is 1. The van der Waals surface area contributed by atoms with Crippen molar-refractivity contribution in [2.24, 2.45) is 10.7 Å². The molecule has 1 aliphatic heterocycles. The number of guanidine groups is 1. The van der Waals surface area contributed by atoms with Gasteiger partial charge in [-0.15, -0.1) is 0 Å². The molecule has 0 radical (unpaired) electrons. The molecule has 7 nitrogen and oxygen atoms in total. The average Bonchev–Trinajstić information content (AvgIpc) is 3.24. The van der Waals surface area contributed by atoms with E-state index in [2.05, 4.69) is 32.2 Å². The summed E-state index contributed by atoms with van der Waals surface area (Å²) in [4.78, 5) is 11.4. The van der Waals surface area contributed by atoms with Crippen LogP contribution in [0, 0.1) is 13.8 Å². The Labute approximate surface area is 155 Å². The summed E-state index contributed by atoms with van der Waals surface area (Å²) in [5, 5.41) is 7.71. The average molecular weight is 355 g/mol. The van der Waals surface area contributed by atoms with E-state index in [4.69, 9.17) is 5.73 Å². The van der Waals surface area contributed by atoms with Crippen molar-refractivity contribution in [3.8, 4) is 5.82 Å². The fourth-order valence-electron chi connectivity index (χ4n) is 3.49. The zero-order valence-corrected chi connectivity index (χ0v) is 15.9. The van der Waals surface area contributed by atoms with Crippen LogP contribution in [-0.4, -0.2) is 51.3 Å². The van der Waals surface area contributed by atoms with Crippen molar-refractivity contribution in [1.82, 2.24) is 25.0 Å². The van der Waals surface area contributed by atoms with E-state index in [1.165, 1.54) is 19.4 Å². The molecule has 1 unspecified atom stereocenters. The van der Waals surface area contributed by atoms with E-state index >= 15 is 0 Å². The molecule has 3 rings (SSSR count). The number of aromatic nitrogens is 3. The van der Waals surface area contributed by atoms with Gasteiger partial charge in [-0.1, -0.05) is 13.0 Å². The van der Waals surface area contributed by atoms with Gasteiger partial charge in [0.15, 0.2) is 11.8 Å². The van der Waals surface area contributed by atoms with E-state index in [1.807, 2.05) is 42.9 Å². The third-order valence-electron chi connectivity index (χ3n) is 4.89. The molecule has 26 heavy (non-hydrogen) atoms. The molecule has 0 bridgehead atoms. The zero-order chi connectivity index (χ0) is 18.5. The van der Waals surface area contributed by atoms with Crippen LogP contribution in [0.15, 0.2) is 29.4 Å². The standard InChI is InChI=1S/C19H29N7/c1-4-25-9-5-6-17(25)13-23-19(20)22-12-16-7-8-18(21-11-16)26-15(3)10-14(2)24-26/h7-8,10-11,17H,4-6,9,12-13H2,1-3H3,(H3,20,22,23). The van der Waals surface area contributed by atoms with E-state index in [1.54, 1.807) is 0 Å². The van der Waals surface area contributed by atoms with Crippen molar-refractivity contribution in [3.05, 3.63) is 41.3 Å². The fourth-order valence-corrected chi connectivity index (χ4v) is 3.49. The van der Waals surface area contributed by atoms with E-state index < -0.39 is 0 Å².